The van der Waals surface area contributed by atoms with Crippen LogP contribution in [-0.2, 0) is 20.8 Å². The second-order valence-electron chi connectivity index (χ2n) is 10.4. The Bertz CT molecular complexity index is 928. The number of aromatic hydroxyl groups is 1. The van der Waals surface area contributed by atoms with E-state index in [9.17, 15) is 5.11 Å². The van der Waals surface area contributed by atoms with E-state index >= 15 is 0 Å². The number of methoxy groups -OCH3 is 2. The molecule has 2 heterocycles. The normalized spacial score (nSPS) is 24.0. The van der Waals surface area contributed by atoms with Gasteiger partial charge in [-0.15, -0.1) is 0 Å². The maximum atomic E-state index is 10.0. The minimum absolute atomic E-state index is 0.105. The van der Waals surface area contributed by atoms with Crippen LogP contribution in [0.3, 0.4) is 0 Å². The highest BCUT2D eigenvalue weighted by Crippen LogP contribution is 2.43. The van der Waals surface area contributed by atoms with E-state index in [2.05, 4.69) is 35.2 Å². The van der Waals surface area contributed by atoms with Gasteiger partial charge < -0.3 is 24.2 Å². The molecule has 34 heavy (non-hydrogen) atoms. The van der Waals surface area contributed by atoms with E-state index in [0.29, 0.717) is 18.3 Å². The maximum Gasteiger partial charge on any atom is 0.159 e. The Morgan fingerprint density at radius 2 is 1.68 bits per heavy atom. The largest absolute Gasteiger partial charge is 0.508 e. The summed E-state index contributed by atoms with van der Waals surface area (Å²) >= 11 is 0. The standard InChI is InChI=1S/C29H39NO4/c1-32-29(33-2)22-13-15-30(16-14-22)24-9-7-21(8-10-24)28-26-12-11-25(31)18-23(26)19-34-27(28)17-20-5-3-4-6-20/h7-12,18,20,22,27-29,31H,3-6,13-17,19H2,1-2H3/t27-,28-/m1/s1. The van der Waals surface area contributed by atoms with Gasteiger partial charge in [0.15, 0.2) is 6.29 Å². The number of phenols is 1. The third kappa shape index (κ3) is 4.98. The van der Waals surface area contributed by atoms with Crippen LogP contribution >= 0.6 is 0 Å². The molecule has 2 aromatic carbocycles. The molecule has 1 aliphatic carbocycles. The van der Waals surface area contributed by atoms with Gasteiger partial charge in [0.1, 0.15) is 5.75 Å². The van der Waals surface area contributed by atoms with Crippen LogP contribution < -0.4 is 4.90 Å². The van der Waals surface area contributed by atoms with Crippen molar-refractivity contribution in [2.24, 2.45) is 11.8 Å². The van der Waals surface area contributed by atoms with Crippen LogP contribution in [0.5, 0.6) is 5.75 Å². The maximum absolute atomic E-state index is 10.0. The van der Waals surface area contributed by atoms with Gasteiger partial charge in [0.25, 0.3) is 0 Å². The monoisotopic (exact) mass is 465 g/mol. The van der Waals surface area contributed by atoms with Crippen LogP contribution in [0, 0.1) is 11.8 Å². The highest BCUT2D eigenvalue weighted by Gasteiger charge is 2.34. The number of anilines is 1. The SMILES string of the molecule is COC(OC)C1CCN(c2ccc([C@@H]3c4ccc(O)cc4CO[C@@H]3CC3CCCC3)cc2)CC1. The molecule has 0 spiro atoms. The number of phenolic OH excluding ortho intramolecular Hbond substituents is 1. The quantitative estimate of drug-likeness (QED) is 0.521. The lowest BCUT2D eigenvalue weighted by Gasteiger charge is -2.37. The van der Waals surface area contributed by atoms with E-state index in [1.54, 1.807) is 14.2 Å². The van der Waals surface area contributed by atoms with Crippen molar-refractivity contribution in [2.75, 3.05) is 32.2 Å². The van der Waals surface area contributed by atoms with Gasteiger partial charge in [-0.05, 0) is 66.1 Å². The minimum Gasteiger partial charge on any atom is -0.508 e. The second kappa shape index (κ2) is 10.7. The highest BCUT2D eigenvalue weighted by atomic mass is 16.7. The van der Waals surface area contributed by atoms with Crippen molar-refractivity contribution in [3.8, 4) is 5.75 Å². The van der Waals surface area contributed by atoms with Gasteiger partial charge in [-0.1, -0.05) is 43.9 Å². The fourth-order valence-electron chi connectivity index (χ4n) is 6.49. The Hall–Kier alpha value is -2.08. The number of benzene rings is 2. The highest BCUT2D eigenvalue weighted by molar-refractivity contribution is 5.51. The Kier molecular flexibility index (Phi) is 7.43. The molecule has 2 aliphatic heterocycles. The summed E-state index contributed by atoms with van der Waals surface area (Å²) in [5.74, 6) is 1.76. The van der Waals surface area contributed by atoms with Crippen molar-refractivity contribution >= 4 is 5.69 Å². The fraction of sp³-hybridized carbons (Fsp3) is 0.586. The van der Waals surface area contributed by atoms with Gasteiger partial charge in [-0.2, -0.15) is 0 Å². The lowest BCUT2D eigenvalue weighted by Crippen LogP contribution is -2.39. The van der Waals surface area contributed by atoms with Crippen molar-refractivity contribution in [2.45, 2.75) is 69.9 Å². The number of hydrogen-bond donors (Lipinski definition) is 1. The Balaban J connectivity index is 1.34. The fourth-order valence-corrected chi connectivity index (χ4v) is 6.49. The Labute approximate surface area is 204 Å². The van der Waals surface area contributed by atoms with Crippen LogP contribution in [0.1, 0.15) is 67.6 Å². The molecule has 5 rings (SSSR count). The number of piperidine rings is 1. The first-order valence-corrected chi connectivity index (χ1v) is 13.0. The summed E-state index contributed by atoms with van der Waals surface area (Å²) in [5.41, 5.74) is 5.02. The summed E-state index contributed by atoms with van der Waals surface area (Å²) in [6.07, 6.45) is 8.74. The lowest BCUT2D eigenvalue weighted by molar-refractivity contribution is -0.141. The van der Waals surface area contributed by atoms with Gasteiger partial charge in [0.2, 0.25) is 0 Å². The van der Waals surface area contributed by atoms with Crippen molar-refractivity contribution in [3.63, 3.8) is 0 Å². The molecule has 184 valence electrons. The molecular formula is C29H39NO4. The summed E-state index contributed by atoms with van der Waals surface area (Å²) in [4.78, 5) is 2.47. The van der Waals surface area contributed by atoms with Crippen molar-refractivity contribution in [3.05, 3.63) is 59.2 Å². The molecule has 0 bridgehead atoms. The summed E-state index contributed by atoms with van der Waals surface area (Å²) in [6.45, 7) is 2.63. The van der Waals surface area contributed by atoms with Crippen LogP contribution in [0.2, 0.25) is 0 Å². The molecule has 5 heteroatoms. The van der Waals surface area contributed by atoms with Crippen LogP contribution in [0.25, 0.3) is 0 Å². The summed E-state index contributed by atoms with van der Waals surface area (Å²) < 4.78 is 17.4. The Morgan fingerprint density at radius 3 is 2.35 bits per heavy atom. The predicted octanol–water partition coefficient (Wildman–Crippen LogP) is 5.84. The second-order valence-corrected chi connectivity index (χ2v) is 10.4. The molecule has 2 fully saturated rings. The van der Waals surface area contributed by atoms with Crippen molar-refractivity contribution in [1.29, 1.82) is 0 Å². The van der Waals surface area contributed by atoms with E-state index in [1.165, 1.54) is 42.5 Å². The molecule has 0 amide bonds. The van der Waals surface area contributed by atoms with Gasteiger partial charge in [-0.3, -0.25) is 0 Å². The smallest absolute Gasteiger partial charge is 0.159 e. The van der Waals surface area contributed by atoms with Gasteiger partial charge in [-0.25, -0.2) is 0 Å². The van der Waals surface area contributed by atoms with E-state index < -0.39 is 0 Å². The topological polar surface area (TPSA) is 51.2 Å². The average Bonchev–Trinajstić information content (AvgIpc) is 3.38. The predicted molar refractivity (Wildman–Crippen MR) is 134 cm³/mol. The number of fused-ring (bicyclic) bond motifs is 1. The first kappa shape index (κ1) is 23.7. The number of nitrogens with zero attached hydrogens (tertiary/aromatic N) is 1. The zero-order valence-corrected chi connectivity index (χ0v) is 20.6. The van der Waals surface area contributed by atoms with Crippen LogP contribution in [-0.4, -0.2) is 44.8 Å². The number of rotatable bonds is 7. The molecule has 2 aromatic rings. The third-order valence-electron chi connectivity index (χ3n) is 8.33. The molecule has 0 aromatic heterocycles. The summed E-state index contributed by atoms with van der Waals surface area (Å²) in [7, 11) is 3.46. The zero-order valence-electron chi connectivity index (χ0n) is 20.6. The number of hydrogen-bond acceptors (Lipinski definition) is 5. The Morgan fingerprint density at radius 1 is 0.971 bits per heavy atom. The zero-order chi connectivity index (χ0) is 23.5. The molecule has 5 nitrogen and oxygen atoms in total. The van der Waals surface area contributed by atoms with Crippen LogP contribution in [0.4, 0.5) is 5.69 Å². The van der Waals surface area contributed by atoms with Gasteiger partial charge >= 0.3 is 0 Å². The van der Waals surface area contributed by atoms with Gasteiger partial charge in [0, 0.05) is 44.8 Å². The molecule has 3 aliphatic rings. The first-order valence-electron chi connectivity index (χ1n) is 13.0. The van der Waals surface area contributed by atoms with E-state index in [0.717, 1.165) is 43.8 Å². The molecule has 1 saturated heterocycles. The van der Waals surface area contributed by atoms with Gasteiger partial charge in [0.05, 0.1) is 12.7 Å². The molecular weight excluding hydrogens is 426 g/mol. The van der Waals surface area contributed by atoms with E-state index in [1.807, 2.05) is 12.1 Å². The number of ether oxygens (including phenoxy) is 3. The molecule has 1 saturated carbocycles. The van der Waals surface area contributed by atoms with Crippen molar-refractivity contribution < 1.29 is 19.3 Å². The molecule has 0 radical (unpaired) electrons. The molecule has 0 unspecified atom stereocenters. The third-order valence-corrected chi connectivity index (χ3v) is 8.33. The lowest BCUT2D eigenvalue weighted by atomic mass is 9.79. The molecule has 2 atom stereocenters. The van der Waals surface area contributed by atoms with Crippen molar-refractivity contribution in [1.82, 2.24) is 0 Å². The van der Waals surface area contributed by atoms with E-state index in [-0.39, 0.29) is 18.3 Å². The summed E-state index contributed by atoms with van der Waals surface area (Å²) in [5, 5.41) is 10.0. The van der Waals surface area contributed by atoms with Crippen LogP contribution in [0.15, 0.2) is 42.5 Å². The minimum atomic E-state index is -0.105. The van der Waals surface area contributed by atoms with E-state index in [4.69, 9.17) is 14.2 Å². The molecule has 1 N–H and O–H groups in total. The summed E-state index contributed by atoms with van der Waals surface area (Å²) in [6, 6.07) is 15.0. The first-order chi connectivity index (χ1) is 16.7. The average molecular weight is 466 g/mol.